The number of ether oxygens (including phenoxy) is 2. The molecule has 1 radical (unpaired) electrons. The van der Waals surface area contributed by atoms with Gasteiger partial charge in [-0.3, -0.25) is 0 Å². The smallest absolute Gasteiger partial charge is 0.0909 e. The Morgan fingerprint density at radius 2 is 1.80 bits per heavy atom. The Hall–Kier alpha value is -0.0800. The fourth-order valence-corrected chi connectivity index (χ4v) is 1.11. The largest absolute Gasteiger partial charge is 0.376 e. The van der Waals surface area contributed by atoms with Gasteiger partial charge in [-0.1, -0.05) is 27.2 Å². The van der Waals surface area contributed by atoms with E-state index in [4.69, 9.17) is 9.47 Å². The van der Waals surface area contributed by atoms with Crippen molar-refractivity contribution in [3.63, 3.8) is 0 Å². The standard InChI is InChI=1S/C13H27O2/c1-7-8-9-15-13(6,11(2)3)10-14-12(4)5/h11-12H,1,7-10H2,2-6H3. The van der Waals surface area contributed by atoms with Gasteiger partial charge in [0.2, 0.25) is 0 Å². The van der Waals surface area contributed by atoms with Crippen LogP contribution in [0.5, 0.6) is 0 Å². The first-order valence-corrected chi connectivity index (χ1v) is 5.97. The second kappa shape index (κ2) is 7.24. The maximum atomic E-state index is 5.92. The maximum Gasteiger partial charge on any atom is 0.0909 e. The fourth-order valence-electron chi connectivity index (χ4n) is 1.11. The summed E-state index contributed by atoms with van der Waals surface area (Å²) >= 11 is 0. The van der Waals surface area contributed by atoms with Gasteiger partial charge in [0, 0.05) is 6.61 Å². The van der Waals surface area contributed by atoms with Crippen molar-refractivity contribution in [2.45, 2.75) is 59.2 Å². The summed E-state index contributed by atoms with van der Waals surface area (Å²) in [6, 6.07) is 0. The van der Waals surface area contributed by atoms with Gasteiger partial charge < -0.3 is 9.47 Å². The Morgan fingerprint density at radius 1 is 1.20 bits per heavy atom. The molecule has 0 aliphatic rings. The van der Waals surface area contributed by atoms with Crippen LogP contribution >= 0.6 is 0 Å². The van der Waals surface area contributed by atoms with Gasteiger partial charge >= 0.3 is 0 Å². The van der Waals surface area contributed by atoms with Gasteiger partial charge in [0.15, 0.2) is 0 Å². The Kier molecular flexibility index (Phi) is 7.20. The van der Waals surface area contributed by atoms with Crippen LogP contribution in [0.2, 0.25) is 0 Å². The third kappa shape index (κ3) is 6.16. The average Bonchev–Trinajstić information content (AvgIpc) is 2.15. The van der Waals surface area contributed by atoms with E-state index in [0.717, 1.165) is 19.4 Å². The van der Waals surface area contributed by atoms with Crippen LogP contribution in [0, 0.1) is 12.8 Å². The monoisotopic (exact) mass is 215 g/mol. The first kappa shape index (κ1) is 14.9. The lowest BCUT2D eigenvalue weighted by Crippen LogP contribution is -2.41. The van der Waals surface area contributed by atoms with Crippen LogP contribution in [0.1, 0.15) is 47.5 Å². The molecule has 0 fully saturated rings. The number of unbranched alkanes of at least 4 members (excludes halogenated alkanes) is 1. The molecule has 0 saturated heterocycles. The summed E-state index contributed by atoms with van der Waals surface area (Å²) in [4.78, 5) is 0. The van der Waals surface area contributed by atoms with Crippen molar-refractivity contribution < 1.29 is 9.47 Å². The predicted octanol–water partition coefficient (Wildman–Crippen LogP) is 3.46. The molecule has 91 valence electrons. The van der Waals surface area contributed by atoms with Crippen LogP contribution in [0.15, 0.2) is 0 Å². The third-order valence-corrected chi connectivity index (χ3v) is 2.75. The molecule has 0 rings (SSSR count). The van der Waals surface area contributed by atoms with Gasteiger partial charge in [0.1, 0.15) is 0 Å². The molecular weight excluding hydrogens is 188 g/mol. The first-order chi connectivity index (χ1) is 6.92. The zero-order valence-electron chi connectivity index (χ0n) is 11.0. The molecule has 0 aromatic rings. The third-order valence-electron chi connectivity index (χ3n) is 2.75. The second-order valence-corrected chi connectivity index (χ2v) is 4.88. The predicted molar refractivity (Wildman–Crippen MR) is 64.9 cm³/mol. The van der Waals surface area contributed by atoms with Gasteiger partial charge in [-0.25, -0.2) is 0 Å². The summed E-state index contributed by atoms with van der Waals surface area (Å²) < 4.78 is 11.6. The molecule has 0 heterocycles. The lowest BCUT2D eigenvalue weighted by Gasteiger charge is -2.34. The van der Waals surface area contributed by atoms with E-state index in [1.807, 2.05) is 0 Å². The lowest BCUT2D eigenvalue weighted by molar-refractivity contribution is -0.123. The van der Waals surface area contributed by atoms with Gasteiger partial charge in [-0.2, -0.15) is 0 Å². The molecule has 0 aromatic carbocycles. The molecule has 0 aliphatic carbocycles. The molecule has 0 aromatic heterocycles. The SMILES string of the molecule is [CH2]CCCOC(C)(COC(C)C)C(C)C. The Morgan fingerprint density at radius 3 is 2.20 bits per heavy atom. The van der Waals surface area contributed by atoms with Gasteiger partial charge in [-0.05, 0) is 33.1 Å². The molecule has 1 atom stereocenters. The summed E-state index contributed by atoms with van der Waals surface area (Å²) in [5.41, 5.74) is -0.167. The highest BCUT2D eigenvalue weighted by molar-refractivity contribution is 4.79. The van der Waals surface area contributed by atoms with Crippen LogP contribution in [0.4, 0.5) is 0 Å². The van der Waals surface area contributed by atoms with Crippen molar-refractivity contribution in [3.05, 3.63) is 6.92 Å². The van der Waals surface area contributed by atoms with Crippen LogP contribution in [0.3, 0.4) is 0 Å². The van der Waals surface area contributed by atoms with Crippen LogP contribution in [-0.2, 0) is 9.47 Å². The minimum atomic E-state index is -0.167. The van der Waals surface area contributed by atoms with Crippen molar-refractivity contribution in [1.82, 2.24) is 0 Å². The number of hydrogen-bond donors (Lipinski definition) is 0. The Balaban J connectivity index is 4.07. The van der Waals surface area contributed by atoms with Crippen molar-refractivity contribution in [2.75, 3.05) is 13.2 Å². The molecule has 0 bridgehead atoms. The van der Waals surface area contributed by atoms with E-state index in [2.05, 4.69) is 41.5 Å². The summed E-state index contributed by atoms with van der Waals surface area (Å²) in [7, 11) is 0. The van der Waals surface area contributed by atoms with Crippen molar-refractivity contribution in [1.29, 1.82) is 0 Å². The molecule has 0 amide bonds. The molecule has 15 heavy (non-hydrogen) atoms. The highest BCUT2D eigenvalue weighted by atomic mass is 16.5. The van der Waals surface area contributed by atoms with E-state index in [0.29, 0.717) is 12.5 Å². The Labute approximate surface area is 95.3 Å². The minimum Gasteiger partial charge on any atom is -0.376 e. The van der Waals surface area contributed by atoms with E-state index in [-0.39, 0.29) is 11.7 Å². The van der Waals surface area contributed by atoms with Crippen molar-refractivity contribution in [2.24, 2.45) is 5.92 Å². The zero-order valence-corrected chi connectivity index (χ0v) is 11.0. The topological polar surface area (TPSA) is 18.5 Å². The summed E-state index contributed by atoms with van der Waals surface area (Å²) in [5, 5.41) is 0. The van der Waals surface area contributed by atoms with Gasteiger partial charge in [0.25, 0.3) is 0 Å². The summed E-state index contributed by atoms with van der Waals surface area (Å²) in [5.74, 6) is 0.459. The molecule has 0 aliphatic heterocycles. The van der Waals surface area contributed by atoms with E-state index < -0.39 is 0 Å². The van der Waals surface area contributed by atoms with Gasteiger partial charge in [-0.15, -0.1) is 0 Å². The molecule has 0 spiro atoms. The normalized spacial score (nSPS) is 16.0. The fraction of sp³-hybridized carbons (Fsp3) is 0.923. The minimum absolute atomic E-state index is 0.167. The highest BCUT2D eigenvalue weighted by Crippen LogP contribution is 2.22. The Bertz CT molecular complexity index is 155. The zero-order chi connectivity index (χ0) is 11.9. The van der Waals surface area contributed by atoms with Crippen LogP contribution in [-0.4, -0.2) is 24.9 Å². The van der Waals surface area contributed by atoms with E-state index in [9.17, 15) is 0 Å². The summed E-state index contributed by atoms with van der Waals surface area (Å²) in [6.07, 6.45) is 2.21. The van der Waals surface area contributed by atoms with Crippen molar-refractivity contribution >= 4 is 0 Å². The van der Waals surface area contributed by atoms with Crippen LogP contribution < -0.4 is 0 Å². The second-order valence-electron chi connectivity index (χ2n) is 4.88. The quantitative estimate of drug-likeness (QED) is 0.577. The molecule has 2 heteroatoms. The average molecular weight is 215 g/mol. The van der Waals surface area contributed by atoms with Crippen LogP contribution in [0.25, 0.3) is 0 Å². The number of hydrogen-bond acceptors (Lipinski definition) is 2. The maximum absolute atomic E-state index is 5.92. The molecule has 0 N–H and O–H groups in total. The molecule has 2 nitrogen and oxygen atoms in total. The summed E-state index contributed by atoms with van der Waals surface area (Å²) in [6.45, 7) is 15.8. The molecular formula is C13H27O2. The van der Waals surface area contributed by atoms with Crippen molar-refractivity contribution in [3.8, 4) is 0 Å². The lowest BCUT2D eigenvalue weighted by atomic mass is 9.93. The van der Waals surface area contributed by atoms with E-state index in [1.54, 1.807) is 0 Å². The number of rotatable bonds is 8. The van der Waals surface area contributed by atoms with E-state index >= 15 is 0 Å². The van der Waals surface area contributed by atoms with Gasteiger partial charge in [0.05, 0.1) is 18.3 Å². The molecule has 1 unspecified atom stereocenters. The first-order valence-electron chi connectivity index (χ1n) is 5.97. The molecule has 0 saturated carbocycles. The highest BCUT2D eigenvalue weighted by Gasteiger charge is 2.29. The van der Waals surface area contributed by atoms with E-state index in [1.165, 1.54) is 0 Å².